The molecule has 0 saturated heterocycles. The van der Waals surface area contributed by atoms with Crippen LogP contribution in [0.3, 0.4) is 0 Å². The molecule has 5 aromatic rings. The summed E-state index contributed by atoms with van der Waals surface area (Å²) in [5, 5.41) is 14.6. The molecule has 0 aliphatic heterocycles. The van der Waals surface area contributed by atoms with Gasteiger partial charge in [-0.2, -0.15) is 5.10 Å². The van der Waals surface area contributed by atoms with Gasteiger partial charge < -0.3 is 5.32 Å². The molecule has 1 aromatic heterocycles. The van der Waals surface area contributed by atoms with Crippen molar-refractivity contribution in [2.24, 2.45) is 0 Å². The molecule has 0 radical (unpaired) electrons. The molecule has 0 atom stereocenters. The van der Waals surface area contributed by atoms with Gasteiger partial charge in [0.25, 0.3) is 5.91 Å². The average Bonchev–Trinajstić information content (AvgIpc) is 3.73. The highest BCUT2D eigenvalue weighted by atomic mass is 35.5. The Labute approximate surface area is 215 Å². The van der Waals surface area contributed by atoms with E-state index in [1.54, 1.807) is 6.20 Å². The number of fused-ring (bicyclic) bond motifs is 1. The molecule has 36 heavy (non-hydrogen) atoms. The lowest BCUT2D eigenvalue weighted by molar-refractivity contribution is 0.0951. The predicted molar refractivity (Wildman–Crippen MR) is 146 cm³/mol. The van der Waals surface area contributed by atoms with Gasteiger partial charge in [-0.1, -0.05) is 66.2 Å². The lowest BCUT2D eigenvalue weighted by Crippen LogP contribution is -2.25. The van der Waals surface area contributed by atoms with E-state index >= 15 is 0 Å². The number of aromatic nitrogens is 2. The fourth-order valence-corrected chi connectivity index (χ4v) is 4.63. The molecule has 0 bridgehead atoms. The van der Waals surface area contributed by atoms with E-state index in [4.69, 9.17) is 11.6 Å². The molecule has 1 heterocycles. The van der Waals surface area contributed by atoms with Crippen LogP contribution in [-0.4, -0.2) is 22.1 Å². The Hall–Kier alpha value is -4.02. The van der Waals surface area contributed by atoms with Crippen LogP contribution in [0.4, 0.5) is 0 Å². The maximum Gasteiger partial charge on any atom is 0.251 e. The number of nitrogens with one attached hydrogen (secondary N) is 1. The van der Waals surface area contributed by atoms with Crippen LogP contribution < -0.4 is 5.32 Å². The first-order chi connectivity index (χ1) is 17.5. The summed E-state index contributed by atoms with van der Waals surface area (Å²) < 4.78 is 0. The van der Waals surface area contributed by atoms with Crippen LogP contribution in [0.25, 0.3) is 44.3 Å². The van der Waals surface area contributed by atoms with Crippen LogP contribution >= 0.6 is 11.6 Å². The molecule has 6 rings (SSSR count). The SMILES string of the molecule is Cc1ccc(C(=O)NC2CC2)cc1-c1ccc2c(-c3ccc(-c4ccc(Cl)cc4)cc3)nncc2c1. The maximum absolute atomic E-state index is 12.6. The molecule has 0 spiro atoms. The summed E-state index contributed by atoms with van der Waals surface area (Å²) in [7, 11) is 0. The fourth-order valence-electron chi connectivity index (χ4n) is 4.50. The summed E-state index contributed by atoms with van der Waals surface area (Å²) in [6.45, 7) is 2.07. The third-order valence-corrected chi connectivity index (χ3v) is 6.97. The monoisotopic (exact) mass is 489 g/mol. The second kappa shape index (κ2) is 9.21. The minimum Gasteiger partial charge on any atom is -0.349 e. The van der Waals surface area contributed by atoms with Gasteiger partial charge in [0.05, 0.1) is 6.20 Å². The fraction of sp³-hybridized carbons (Fsp3) is 0.129. The lowest BCUT2D eigenvalue weighted by atomic mass is 9.95. The Morgan fingerprint density at radius 1 is 0.833 bits per heavy atom. The number of amides is 1. The molecule has 1 saturated carbocycles. The standard InChI is InChI=1S/C31H24ClN3O/c1-19-2-3-24(31(36)34-27-13-14-27)17-29(19)23-10-15-28-25(16-23)18-33-35-30(28)22-6-4-20(5-7-22)21-8-11-26(32)12-9-21/h2-12,15-18,27H,13-14H2,1H3,(H,34,36). The van der Waals surface area contributed by atoms with Gasteiger partial charge in [-0.3, -0.25) is 4.79 Å². The number of halogens is 1. The van der Waals surface area contributed by atoms with E-state index in [0.29, 0.717) is 11.6 Å². The van der Waals surface area contributed by atoms with Gasteiger partial charge in [0, 0.05) is 33.0 Å². The molecule has 1 aliphatic rings. The highest BCUT2D eigenvalue weighted by molar-refractivity contribution is 6.30. The third kappa shape index (κ3) is 4.48. The summed E-state index contributed by atoms with van der Waals surface area (Å²) in [6.07, 6.45) is 3.94. The number of rotatable bonds is 5. The van der Waals surface area contributed by atoms with Crippen molar-refractivity contribution < 1.29 is 4.79 Å². The quantitative estimate of drug-likeness (QED) is 0.278. The van der Waals surface area contributed by atoms with Crippen molar-refractivity contribution in [3.05, 3.63) is 107 Å². The van der Waals surface area contributed by atoms with Crippen molar-refractivity contribution in [2.45, 2.75) is 25.8 Å². The van der Waals surface area contributed by atoms with Gasteiger partial charge in [0.2, 0.25) is 0 Å². The zero-order valence-electron chi connectivity index (χ0n) is 19.8. The van der Waals surface area contributed by atoms with E-state index in [0.717, 1.165) is 67.7 Å². The number of benzene rings is 4. The minimum absolute atomic E-state index is 0.00487. The number of hydrogen-bond acceptors (Lipinski definition) is 3. The first kappa shape index (κ1) is 22.4. The number of carbonyl (C=O) groups is 1. The van der Waals surface area contributed by atoms with Gasteiger partial charge in [-0.15, -0.1) is 5.10 Å². The van der Waals surface area contributed by atoms with Crippen LogP contribution in [0.5, 0.6) is 0 Å². The molecule has 5 heteroatoms. The van der Waals surface area contributed by atoms with Crippen LogP contribution in [-0.2, 0) is 0 Å². The Morgan fingerprint density at radius 2 is 1.50 bits per heavy atom. The number of carbonyl (C=O) groups excluding carboxylic acids is 1. The smallest absolute Gasteiger partial charge is 0.251 e. The van der Waals surface area contributed by atoms with Crippen LogP contribution in [0.15, 0.2) is 91.1 Å². The van der Waals surface area contributed by atoms with Gasteiger partial charge in [0.1, 0.15) is 5.69 Å². The van der Waals surface area contributed by atoms with Crippen molar-refractivity contribution >= 4 is 28.3 Å². The summed E-state index contributed by atoms with van der Waals surface area (Å²) in [6, 6.07) is 28.7. The van der Waals surface area contributed by atoms with E-state index in [-0.39, 0.29) is 5.91 Å². The molecule has 4 nitrogen and oxygen atoms in total. The molecule has 1 amide bonds. The van der Waals surface area contributed by atoms with E-state index < -0.39 is 0 Å². The molecule has 1 aliphatic carbocycles. The highest BCUT2D eigenvalue weighted by Gasteiger charge is 2.24. The third-order valence-electron chi connectivity index (χ3n) is 6.72. The van der Waals surface area contributed by atoms with E-state index in [1.807, 2.05) is 42.5 Å². The topological polar surface area (TPSA) is 54.9 Å². The van der Waals surface area contributed by atoms with Gasteiger partial charge >= 0.3 is 0 Å². The first-order valence-corrected chi connectivity index (χ1v) is 12.5. The molecule has 176 valence electrons. The molecule has 1 fully saturated rings. The van der Waals surface area contributed by atoms with Gasteiger partial charge in [0.15, 0.2) is 0 Å². The van der Waals surface area contributed by atoms with Crippen LogP contribution in [0, 0.1) is 6.92 Å². The Morgan fingerprint density at radius 3 is 2.22 bits per heavy atom. The summed E-state index contributed by atoms with van der Waals surface area (Å²) in [5.74, 6) is -0.00487. The van der Waals surface area contributed by atoms with E-state index in [1.165, 1.54) is 0 Å². The van der Waals surface area contributed by atoms with Crippen molar-refractivity contribution in [3.63, 3.8) is 0 Å². The number of hydrogen-bond donors (Lipinski definition) is 1. The van der Waals surface area contributed by atoms with Gasteiger partial charge in [-0.05, 0) is 77.9 Å². The molecular formula is C31H24ClN3O. The Balaban J connectivity index is 1.34. The molecule has 4 aromatic carbocycles. The van der Waals surface area contributed by atoms with Crippen LogP contribution in [0.2, 0.25) is 5.02 Å². The first-order valence-electron chi connectivity index (χ1n) is 12.1. The summed E-state index contributed by atoms with van der Waals surface area (Å²) >= 11 is 6.03. The molecule has 1 N–H and O–H groups in total. The van der Waals surface area contributed by atoms with E-state index in [2.05, 4.69) is 64.9 Å². The largest absolute Gasteiger partial charge is 0.349 e. The molecular weight excluding hydrogens is 466 g/mol. The molecule has 0 unspecified atom stereocenters. The lowest BCUT2D eigenvalue weighted by Gasteiger charge is -2.12. The number of nitrogens with zero attached hydrogens (tertiary/aromatic N) is 2. The maximum atomic E-state index is 12.6. The summed E-state index contributed by atoms with van der Waals surface area (Å²) in [4.78, 5) is 12.6. The van der Waals surface area contributed by atoms with Crippen molar-refractivity contribution in [1.82, 2.24) is 15.5 Å². The van der Waals surface area contributed by atoms with Crippen molar-refractivity contribution in [1.29, 1.82) is 0 Å². The minimum atomic E-state index is -0.00487. The van der Waals surface area contributed by atoms with Crippen LogP contribution in [0.1, 0.15) is 28.8 Å². The van der Waals surface area contributed by atoms with Crippen molar-refractivity contribution in [2.75, 3.05) is 0 Å². The highest BCUT2D eigenvalue weighted by Crippen LogP contribution is 2.33. The normalized spacial score (nSPS) is 13.1. The Kier molecular flexibility index (Phi) is 5.74. The zero-order chi connectivity index (χ0) is 24.6. The van der Waals surface area contributed by atoms with Gasteiger partial charge in [-0.25, -0.2) is 0 Å². The predicted octanol–water partition coefficient (Wildman–Crippen LogP) is 7.48. The second-order valence-corrected chi connectivity index (χ2v) is 9.79. The van der Waals surface area contributed by atoms with Crippen molar-refractivity contribution in [3.8, 4) is 33.5 Å². The number of aryl methyl sites for hydroxylation is 1. The Bertz CT molecular complexity index is 1590. The zero-order valence-corrected chi connectivity index (χ0v) is 20.6. The average molecular weight is 490 g/mol. The second-order valence-electron chi connectivity index (χ2n) is 9.36. The van der Waals surface area contributed by atoms with E-state index in [9.17, 15) is 4.79 Å². The summed E-state index contributed by atoms with van der Waals surface area (Å²) in [5.41, 5.74) is 8.00.